The Kier molecular flexibility index (Phi) is 6.56. The van der Waals surface area contributed by atoms with Crippen molar-refractivity contribution in [2.75, 3.05) is 51.9 Å². The Morgan fingerprint density at radius 1 is 1.20 bits per heavy atom. The first kappa shape index (κ1) is 23.1. The lowest BCUT2D eigenvalue weighted by atomic mass is 10.1. The molecule has 4 heterocycles. The molecule has 35 heavy (non-hydrogen) atoms. The summed E-state index contributed by atoms with van der Waals surface area (Å²) >= 11 is 0. The van der Waals surface area contributed by atoms with Gasteiger partial charge in [-0.15, -0.1) is 0 Å². The van der Waals surface area contributed by atoms with Gasteiger partial charge in [-0.3, -0.25) is 9.88 Å². The Hall–Kier alpha value is -3.63. The number of ether oxygens (including phenoxy) is 4. The van der Waals surface area contributed by atoms with E-state index in [1.54, 1.807) is 37.6 Å². The van der Waals surface area contributed by atoms with E-state index in [1.807, 2.05) is 24.1 Å². The zero-order valence-electron chi connectivity index (χ0n) is 19.7. The smallest absolute Gasteiger partial charge is 0.414 e. The van der Waals surface area contributed by atoms with Gasteiger partial charge in [-0.05, 0) is 43.3 Å². The maximum Gasteiger partial charge on any atom is 0.414 e. The van der Waals surface area contributed by atoms with Crippen LogP contribution < -0.4 is 19.1 Å². The van der Waals surface area contributed by atoms with Gasteiger partial charge in [-0.1, -0.05) is 0 Å². The van der Waals surface area contributed by atoms with Gasteiger partial charge in [0.25, 0.3) is 0 Å². The van der Waals surface area contributed by atoms with Crippen LogP contribution in [-0.2, 0) is 11.2 Å². The lowest BCUT2D eigenvalue weighted by Gasteiger charge is -2.23. The molecule has 0 saturated carbocycles. The molecule has 1 fully saturated rings. The molecule has 0 spiro atoms. The summed E-state index contributed by atoms with van der Waals surface area (Å²) in [6, 6.07) is 11.0. The maximum atomic E-state index is 12.5. The third-order valence-electron chi connectivity index (χ3n) is 6.21. The van der Waals surface area contributed by atoms with Crippen molar-refractivity contribution in [3.8, 4) is 17.4 Å². The van der Waals surface area contributed by atoms with Gasteiger partial charge in [0.05, 0.1) is 30.4 Å². The summed E-state index contributed by atoms with van der Waals surface area (Å²) in [5.41, 5.74) is 3.31. The number of aliphatic hydroxyl groups is 1. The van der Waals surface area contributed by atoms with E-state index in [4.69, 9.17) is 18.9 Å². The Labute approximate surface area is 203 Å². The Morgan fingerprint density at radius 3 is 2.86 bits per heavy atom. The number of hydrogen-bond donors (Lipinski definition) is 1. The van der Waals surface area contributed by atoms with Gasteiger partial charge < -0.3 is 29.0 Å². The van der Waals surface area contributed by atoms with E-state index < -0.39 is 18.3 Å². The predicted molar refractivity (Wildman–Crippen MR) is 128 cm³/mol. The highest BCUT2D eigenvalue weighted by molar-refractivity contribution is 5.90. The minimum atomic E-state index is -0.835. The average Bonchev–Trinajstić information content (AvgIpc) is 3.28. The zero-order valence-corrected chi connectivity index (χ0v) is 19.7. The number of cyclic esters (lactones) is 1. The molecule has 3 aromatic rings. The highest BCUT2D eigenvalue weighted by Gasteiger charge is 2.37. The lowest BCUT2D eigenvalue weighted by Crippen LogP contribution is -2.40. The number of rotatable bonds is 8. The third-order valence-corrected chi connectivity index (χ3v) is 6.21. The molecule has 184 valence electrons. The number of fused-ring (bicyclic) bond motifs is 2. The fourth-order valence-corrected chi connectivity index (χ4v) is 4.31. The van der Waals surface area contributed by atoms with Crippen LogP contribution in [0.25, 0.3) is 11.0 Å². The molecule has 2 aliphatic heterocycles. The SMILES string of the molecule is COc1ccc2nccc(CCN(C)C[C@@H](O)C3CN(c4ccc5c(c4)OCCO5)C(=O)O3)c2n1. The van der Waals surface area contributed by atoms with Gasteiger partial charge >= 0.3 is 6.09 Å². The Balaban J connectivity index is 1.18. The minimum absolute atomic E-state index is 0.256. The van der Waals surface area contributed by atoms with Crippen molar-refractivity contribution in [2.45, 2.75) is 18.6 Å². The summed E-state index contributed by atoms with van der Waals surface area (Å²) in [6.07, 6.45) is 0.530. The zero-order chi connectivity index (χ0) is 24.4. The van der Waals surface area contributed by atoms with Crippen LogP contribution in [0.15, 0.2) is 42.6 Å². The lowest BCUT2D eigenvalue weighted by molar-refractivity contribution is 0.0152. The number of pyridine rings is 2. The number of carbonyl (C=O) groups is 1. The molecule has 1 unspecified atom stereocenters. The van der Waals surface area contributed by atoms with E-state index in [2.05, 4.69) is 9.97 Å². The second-order valence-corrected chi connectivity index (χ2v) is 8.63. The number of anilines is 1. The molecule has 10 heteroatoms. The summed E-state index contributed by atoms with van der Waals surface area (Å²) in [5, 5.41) is 10.8. The van der Waals surface area contributed by atoms with E-state index in [0.717, 1.165) is 23.0 Å². The number of aromatic nitrogens is 2. The first-order chi connectivity index (χ1) is 17.0. The van der Waals surface area contributed by atoms with Crippen molar-refractivity contribution in [3.05, 3.63) is 48.2 Å². The summed E-state index contributed by atoms with van der Waals surface area (Å²) in [5.74, 6) is 1.79. The standard InChI is InChI=1S/C25H28N4O6/c1-28(10-8-16-7-9-26-18-4-6-23(32-2)27-24(16)18)14-19(30)22-15-29(25(31)35-22)17-3-5-20-21(13-17)34-12-11-33-20/h3-7,9,13,19,22,30H,8,10-12,14-15H2,1-2H3/t19-,22?/m1/s1. The molecular formula is C25H28N4O6. The van der Waals surface area contributed by atoms with Gasteiger partial charge in [0.1, 0.15) is 25.4 Å². The van der Waals surface area contributed by atoms with Crippen molar-refractivity contribution in [1.82, 2.24) is 14.9 Å². The predicted octanol–water partition coefficient (Wildman–Crippen LogP) is 2.27. The van der Waals surface area contributed by atoms with E-state index in [9.17, 15) is 9.90 Å². The van der Waals surface area contributed by atoms with Gasteiger partial charge in [0.15, 0.2) is 11.5 Å². The van der Waals surface area contributed by atoms with Crippen molar-refractivity contribution in [1.29, 1.82) is 0 Å². The highest BCUT2D eigenvalue weighted by atomic mass is 16.6. The van der Waals surface area contributed by atoms with Gasteiger partial charge in [-0.2, -0.15) is 0 Å². The molecule has 1 amide bonds. The van der Waals surface area contributed by atoms with Gasteiger partial charge in [0, 0.05) is 31.4 Å². The van der Waals surface area contributed by atoms with Crippen LogP contribution in [0.3, 0.4) is 0 Å². The first-order valence-corrected chi connectivity index (χ1v) is 11.5. The topological polar surface area (TPSA) is 106 Å². The van der Waals surface area contributed by atoms with Crippen LogP contribution in [0.5, 0.6) is 17.4 Å². The molecule has 0 aliphatic carbocycles. The number of aliphatic hydroxyl groups excluding tert-OH is 1. The van der Waals surface area contributed by atoms with Crippen LogP contribution in [0, 0.1) is 0 Å². The van der Waals surface area contributed by atoms with Crippen LogP contribution in [0.1, 0.15) is 5.56 Å². The van der Waals surface area contributed by atoms with Crippen LogP contribution in [-0.4, -0.2) is 85.3 Å². The number of carbonyl (C=O) groups excluding carboxylic acids is 1. The van der Waals surface area contributed by atoms with E-state index in [1.165, 1.54) is 4.90 Å². The van der Waals surface area contributed by atoms with Crippen molar-refractivity contribution in [3.63, 3.8) is 0 Å². The second kappa shape index (κ2) is 9.93. The van der Waals surface area contributed by atoms with Crippen LogP contribution >= 0.6 is 0 Å². The number of nitrogens with zero attached hydrogens (tertiary/aromatic N) is 4. The number of likely N-dealkylation sites (N-methyl/N-ethyl adjacent to an activating group) is 1. The van der Waals surface area contributed by atoms with E-state index in [0.29, 0.717) is 49.4 Å². The molecule has 2 atom stereocenters. The molecule has 1 N–H and O–H groups in total. The highest BCUT2D eigenvalue weighted by Crippen LogP contribution is 2.35. The number of methoxy groups -OCH3 is 1. The average molecular weight is 481 g/mol. The quantitative estimate of drug-likeness (QED) is 0.520. The normalized spacial score (nSPS) is 18.1. The maximum absolute atomic E-state index is 12.5. The first-order valence-electron chi connectivity index (χ1n) is 11.5. The molecule has 10 nitrogen and oxygen atoms in total. The minimum Gasteiger partial charge on any atom is -0.486 e. The molecule has 0 radical (unpaired) electrons. The Morgan fingerprint density at radius 2 is 2.03 bits per heavy atom. The van der Waals surface area contributed by atoms with Gasteiger partial charge in [-0.25, -0.2) is 9.78 Å². The molecule has 1 aromatic carbocycles. The van der Waals surface area contributed by atoms with Crippen molar-refractivity contribution in [2.24, 2.45) is 0 Å². The molecule has 0 bridgehead atoms. The summed E-state index contributed by atoms with van der Waals surface area (Å²) in [4.78, 5) is 24.9. The van der Waals surface area contributed by atoms with E-state index in [-0.39, 0.29) is 6.54 Å². The van der Waals surface area contributed by atoms with E-state index >= 15 is 0 Å². The van der Waals surface area contributed by atoms with Crippen molar-refractivity contribution >= 4 is 22.8 Å². The van der Waals surface area contributed by atoms with Crippen LogP contribution in [0.4, 0.5) is 10.5 Å². The second-order valence-electron chi connectivity index (χ2n) is 8.63. The summed E-state index contributed by atoms with van der Waals surface area (Å²) < 4.78 is 21.9. The largest absolute Gasteiger partial charge is 0.486 e. The summed E-state index contributed by atoms with van der Waals surface area (Å²) in [7, 11) is 3.51. The number of benzene rings is 1. The fraction of sp³-hybridized carbons (Fsp3) is 0.400. The van der Waals surface area contributed by atoms with Crippen molar-refractivity contribution < 1.29 is 28.8 Å². The Bertz CT molecular complexity index is 1220. The number of amides is 1. The third kappa shape index (κ3) is 4.94. The fourth-order valence-electron chi connectivity index (χ4n) is 4.31. The molecular weight excluding hydrogens is 452 g/mol. The van der Waals surface area contributed by atoms with Crippen LogP contribution in [0.2, 0.25) is 0 Å². The molecule has 1 saturated heterocycles. The van der Waals surface area contributed by atoms with Gasteiger partial charge in [0.2, 0.25) is 5.88 Å². The number of hydrogen-bond acceptors (Lipinski definition) is 9. The molecule has 5 rings (SSSR count). The monoisotopic (exact) mass is 480 g/mol. The molecule has 2 aliphatic rings. The molecule has 2 aromatic heterocycles. The summed E-state index contributed by atoms with van der Waals surface area (Å²) in [6.45, 7) is 2.26.